The van der Waals surface area contributed by atoms with Gasteiger partial charge in [-0.05, 0) is 30.8 Å². The number of thioether (sulfide) groups is 1. The smallest absolute Gasteiger partial charge is 0.326 e. The number of carbonyl (C=O) groups excluding carboxylic acids is 4. The number of primary amides is 1. The highest BCUT2D eigenvalue weighted by atomic mass is 32.2. The zero-order valence-corrected chi connectivity index (χ0v) is 19.6. The molecule has 0 aromatic rings. The maximum Gasteiger partial charge on any atom is 0.326 e. The Kier molecular flexibility index (Phi) is 13.7. The van der Waals surface area contributed by atoms with Gasteiger partial charge in [-0.2, -0.15) is 11.8 Å². The van der Waals surface area contributed by atoms with Gasteiger partial charge in [0.15, 0.2) is 0 Å². The van der Waals surface area contributed by atoms with E-state index in [1.807, 2.05) is 0 Å². The van der Waals surface area contributed by atoms with Gasteiger partial charge in [0.05, 0.1) is 18.9 Å². The summed E-state index contributed by atoms with van der Waals surface area (Å²) in [6, 6.07) is -5.31. The second-order valence-corrected chi connectivity index (χ2v) is 8.79. The fraction of sp³-hybridized carbons (Fsp3) is 0.684. The third-order valence-electron chi connectivity index (χ3n) is 4.33. The van der Waals surface area contributed by atoms with Crippen molar-refractivity contribution >= 4 is 47.3 Å². The minimum atomic E-state index is -1.51. The summed E-state index contributed by atoms with van der Waals surface area (Å²) < 4.78 is 0. The Morgan fingerprint density at radius 2 is 1.36 bits per heavy atom. The molecule has 0 saturated carbocycles. The molecule has 0 radical (unpaired) electrons. The summed E-state index contributed by atoms with van der Waals surface area (Å²) in [6.07, 6.45) is 0.771. The monoisotopic (exact) mass is 491 g/mol. The minimum absolute atomic E-state index is 0.0799. The molecule has 14 heteroatoms. The largest absolute Gasteiger partial charge is 0.481 e. The van der Waals surface area contributed by atoms with Crippen LogP contribution in [0.25, 0.3) is 0 Å². The van der Waals surface area contributed by atoms with Gasteiger partial charge in [0.2, 0.25) is 23.6 Å². The maximum absolute atomic E-state index is 12.8. The van der Waals surface area contributed by atoms with E-state index in [4.69, 9.17) is 16.6 Å². The molecule has 13 nitrogen and oxygen atoms in total. The van der Waals surface area contributed by atoms with E-state index in [1.165, 1.54) is 11.8 Å². The molecular formula is C19H33N5O8S. The third-order valence-corrected chi connectivity index (χ3v) is 4.98. The summed E-state index contributed by atoms with van der Waals surface area (Å²) in [7, 11) is 0. The van der Waals surface area contributed by atoms with Crippen molar-refractivity contribution in [2.45, 2.75) is 63.7 Å². The van der Waals surface area contributed by atoms with Crippen LogP contribution in [-0.4, -0.2) is 82.0 Å². The van der Waals surface area contributed by atoms with Crippen molar-refractivity contribution < 1.29 is 39.0 Å². The Balaban J connectivity index is 5.49. The SMILES string of the molecule is CSCCC(NC(=O)C(CC(C)C)NC(=O)C(CC(N)=O)NC(=O)C(N)CC(=O)O)C(=O)O. The standard InChI is InChI=1S/C19H33N5O8S/c1-9(2)6-12(17(29)22-11(19(31)32)4-5-33-3)24-18(30)13(8-14(21)25)23-16(28)10(20)7-15(26)27/h9-13H,4-8,20H2,1-3H3,(H2,21,25)(H,22,29)(H,23,28)(H,24,30)(H,26,27)(H,31,32). The number of hydrogen-bond donors (Lipinski definition) is 7. The molecule has 0 fully saturated rings. The first kappa shape index (κ1) is 30.1. The average Bonchev–Trinajstić information content (AvgIpc) is 2.68. The molecule has 0 heterocycles. The van der Waals surface area contributed by atoms with E-state index < -0.39 is 72.6 Å². The Bertz CT molecular complexity index is 733. The Morgan fingerprint density at radius 3 is 1.82 bits per heavy atom. The van der Waals surface area contributed by atoms with Gasteiger partial charge in [0, 0.05) is 0 Å². The average molecular weight is 492 g/mol. The van der Waals surface area contributed by atoms with Crippen LogP contribution >= 0.6 is 11.8 Å². The number of carbonyl (C=O) groups is 6. The van der Waals surface area contributed by atoms with E-state index in [-0.39, 0.29) is 18.8 Å². The summed E-state index contributed by atoms with van der Waals surface area (Å²) in [5.74, 6) is -5.75. The van der Waals surface area contributed by atoms with E-state index >= 15 is 0 Å². The molecule has 0 aliphatic rings. The van der Waals surface area contributed by atoms with Gasteiger partial charge in [-0.25, -0.2) is 4.79 Å². The molecule has 9 N–H and O–H groups in total. The molecule has 0 aromatic carbocycles. The molecule has 4 atom stereocenters. The van der Waals surface area contributed by atoms with Crippen LogP contribution in [-0.2, 0) is 28.8 Å². The van der Waals surface area contributed by atoms with Gasteiger partial charge in [-0.15, -0.1) is 0 Å². The van der Waals surface area contributed by atoms with Crippen LogP contribution in [0.5, 0.6) is 0 Å². The van der Waals surface area contributed by atoms with Crippen LogP contribution in [0.1, 0.15) is 39.5 Å². The molecular weight excluding hydrogens is 458 g/mol. The molecule has 0 spiro atoms. The van der Waals surface area contributed by atoms with E-state index in [9.17, 15) is 33.9 Å². The quantitative estimate of drug-likeness (QED) is 0.125. The summed E-state index contributed by atoms with van der Waals surface area (Å²) in [4.78, 5) is 71.2. The van der Waals surface area contributed by atoms with Crippen LogP contribution in [0, 0.1) is 5.92 Å². The van der Waals surface area contributed by atoms with Crippen molar-refractivity contribution in [2.75, 3.05) is 12.0 Å². The van der Waals surface area contributed by atoms with Crippen LogP contribution in [0.15, 0.2) is 0 Å². The lowest BCUT2D eigenvalue weighted by Gasteiger charge is -2.25. The van der Waals surface area contributed by atoms with Crippen LogP contribution in [0.2, 0.25) is 0 Å². The number of nitrogens with one attached hydrogen (secondary N) is 3. The van der Waals surface area contributed by atoms with Crippen molar-refractivity contribution in [2.24, 2.45) is 17.4 Å². The Morgan fingerprint density at radius 1 is 0.848 bits per heavy atom. The van der Waals surface area contributed by atoms with Gasteiger partial charge >= 0.3 is 11.9 Å². The van der Waals surface area contributed by atoms with Crippen LogP contribution in [0.3, 0.4) is 0 Å². The van der Waals surface area contributed by atoms with Gasteiger partial charge < -0.3 is 37.6 Å². The van der Waals surface area contributed by atoms with Gasteiger partial charge in [-0.1, -0.05) is 13.8 Å². The first-order valence-electron chi connectivity index (χ1n) is 10.2. The second-order valence-electron chi connectivity index (χ2n) is 7.81. The summed E-state index contributed by atoms with van der Waals surface area (Å²) in [6.45, 7) is 3.56. The van der Waals surface area contributed by atoms with Crippen molar-refractivity contribution in [3.05, 3.63) is 0 Å². The lowest BCUT2D eigenvalue weighted by atomic mass is 10.0. The molecule has 0 aromatic heterocycles. The van der Waals surface area contributed by atoms with Gasteiger partial charge in [0.1, 0.15) is 18.1 Å². The van der Waals surface area contributed by atoms with Gasteiger partial charge in [-0.3, -0.25) is 24.0 Å². The minimum Gasteiger partial charge on any atom is -0.481 e. The normalized spacial score (nSPS) is 14.5. The zero-order valence-electron chi connectivity index (χ0n) is 18.8. The third kappa shape index (κ3) is 12.7. The van der Waals surface area contributed by atoms with Crippen molar-refractivity contribution in [3.63, 3.8) is 0 Å². The number of nitrogens with two attached hydrogens (primary N) is 2. The van der Waals surface area contributed by atoms with E-state index in [0.29, 0.717) is 5.75 Å². The van der Waals surface area contributed by atoms with E-state index in [1.54, 1.807) is 20.1 Å². The molecule has 4 amide bonds. The molecule has 0 aliphatic carbocycles. The Hall–Kier alpha value is -2.87. The highest BCUT2D eigenvalue weighted by Crippen LogP contribution is 2.08. The first-order valence-corrected chi connectivity index (χ1v) is 11.6. The molecule has 0 bridgehead atoms. The number of carboxylic acid groups (broad SMARTS) is 2. The molecule has 0 aliphatic heterocycles. The first-order chi connectivity index (χ1) is 15.3. The van der Waals surface area contributed by atoms with Crippen LogP contribution < -0.4 is 27.4 Å². The fourth-order valence-electron chi connectivity index (χ4n) is 2.71. The number of hydrogen-bond acceptors (Lipinski definition) is 8. The molecule has 0 rings (SSSR count). The number of amides is 4. The molecule has 33 heavy (non-hydrogen) atoms. The second kappa shape index (κ2) is 15.1. The number of carboxylic acids is 2. The Labute approximate surface area is 195 Å². The molecule has 0 saturated heterocycles. The molecule has 188 valence electrons. The number of aliphatic carboxylic acids is 2. The van der Waals surface area contributed by atoms with E-state index in [0.717, 1.165) is 0 Å². The lowest BCUT2D eigenvalue weighted by Crippen LogP contribution is -2.58. The van der Waals surface area contributed by atoms with Crippen molar-refractivity contribution in [1.82, 2.24) is 16.0 Å². The highest BCUT2D eigenvalue weighted by molar-refractivity contribution is 7.98. The predicted octanol–water partition coefficient (Wildman–Crippen LogP) is -2.00. The predicted molar refractivity (Wildman–Crippen MR) is 120 cm³/mol. The molecule has 4 unspecified atom stereocenters. The van der Waals surface area contributed by atoms with Crippen molar-refractivity contribution in [1.29, 1.82) is 0 Å². The summed E-state index contributed by atoms with van der Waals surface area (Å²) >= 11 is 1.41. The summed E-state index contributed by atoms with van der Waals surface area (Å²) in [5, 5.41) is 25.1. The van der Waals surface area contributed by atoms with E-state index in [2.05, 4.69) is 16.0 Å². The zero-order chi connectivity index (χ0) is 25.7. The number of rotatable bonds is 16. The maximum atomic E-state index is 12.8. The van der Waals surface area contributed by atoms with Crippen molar-refractivity contribution in [3.8, 4) is 0 Å². The highest BCUT2D eigenvalue weighted by Gasteiger charge is 2.31. The fourth-order valence-corrected chi connectivity index (χ4v) is 3.18. The summed E-state index contributed by atoms with van der Waals surface area (Å²) in [5.41, 5.74) is 10.6. The topological polar surface area (TPSA) is 231 Å². The van der Waals surface area contributed by atoms with Crippen LogP contribution in [0.4, 0.5) is 0 Å². The lowest BCUT2D eigenvalue weighted by molar-refractivity contribution is -0.142. The van der Waals surface area contributed by atoms with Gasteiger partial charge in [0.25, 0.3) is 0 Å².